The Bertz CT molecular complexity index is 1170. The lowest BCUT2D eigenvalue weighted by Gasteiger charge is -2.18. The minimum absolute atomic E-state index is 0.0695. The van der Waals surface area contributed by atoms with Crippen molar-refractivity contribution in [2.24, 2.45) is 0 Å². The SMILES string of the molecule is CCN(CC)CCNC(=O)C1Oc2ccc(-c3oc4ccccc4c(=O)c3C)cc2O1. The van der Waals surface area contributed by atoms with Crippen molar-refractivity contribution in [3.05, 3.63) is 58.3 Å². The van der Waals surface area contributed by atoms with Crippen LogP contribution in [0.25, 0.3) is 22.3 Å². The largest absolute Gasteiger partial charge is 0.456 e. The predicted molar refractivity (Wildman–Crippen MR) is 118 cm³/mol. The number of ether oxygens (including phenoxy) is 2. The molecule has 1 unspecified atom stereocenters. The molecule has 1 aliphatic rings. The van der Waals surface area contributed by atoms with Gasteiger partial charge in [-0.15, -0.1) is 0 Å². The van der Waals surface area contributed by atoms with Gasteiger partial charge in [0, 0.05) is 24.2 Å². The number of para-hydroxylation sites is 1. The average Bonchev–Trinajstić information content (AvgIpc) is 3.22. The van der Waals surface area contributed by atoms with E-state index in [0.717, 1.165) is 19.6 Å². The van der Waals surface area contributed by atoms with Crippen molar-refractivity contribution in [1.82, 2.24) is 10.2 Å². The molecule has 0 saturated heterocycles. The van der Waals surface area contributed by atoms with Crippen LogP contribution in [0.5, 0.6) is 11.5 Å². The molecule has 1 aromatic heterocycles. The first-order valence-electron chi connectivity index (χ1n) is 10.5. The van der Waals surface area contributed by atoms with Crippen LogP contribution in [0, 0.1) is 6.92 Å². The maximum atomic E-state index is 12.7. The summed E-state index contributed by atoms with van der Waals surface area (Å²) in [5.41, 5.74) is 1.66. The van der Waals surface area contributed by atoms with Crippen molar-refractivity contribution in [2.45, 2.75) is 27.1 Å². The molecule has 31 heavy (non-hydrogen) atoms. The molecule has 0 fully saturated rings. The lowest BCUT2D eigenvalue weighted by Crippen LogP contribution is -2.43. The molecule has 2 heterocycles. The Morgan fingerprint density at radius 2 is 1.81 bits per heavy atom. The highest BCUT2D eigenvalue weighted by molar-refractivity contribution is 5.82. The van der Waals surface area contributed by atoms with Crippen LogP contribution in [0.1, 0.15) is 19.4 Å². The number of amides is 1. The first kappa shape index (κ1) is 20.9. The van der Waals surface area contributed by atoms with E-state index in [1.165, 1.54) is 0 Å². The third-order valence-corrected chi connectivity index (χ3v) is 5.53. The Hall–Kier alpha value is -3.32. The molecule has 1 amide bonds. The van der Waals surface area contributed by atoms with Crippen LogP contribution < -0.4 is 20.2 Å². The van der Waals surface area contributed by atoms with E-state index in [9.17, 15) is 9.59 Å². The van der Waals surface area contributed by atoms with E-state index in [0.29, 0.717) is 45.9 Å². The number of nitrogens with zero attached hydrogens (tertiary/aromatic N) is 1. The van der Waals surface area contributed by atoms with Crippen LogP contribution in [-0.2, 0) is 4.79 Å². The lowest BCUT2D eigenvalue weighted by atomic mass is 10.1. The third-order valence-electron chi connectivity index (χ3n) is 5.53. The van der Waals surface area contributed by atoms with Crippen molar-refractivity contribution in [1.29, 1.82) is 0 Å². The highest BCUT2D eigenvalue weighted by Gasteiger charge is 2.31. The second-order valence-electron chi connectivity index (χ2n) is 7.43. The van der Waals surface area contributed by atoms with Gasteiger partial charge in [-0.2, -0.15) is 0 Å². The summed E-state index contributed by atoms with van der Waals surface area (Å²) < 4.78 is 17.4. The number of carbonyl (C=O) groups excluding carboxylic acids is 1. The second-order valence-corrected chi connectivity index (χ2v) is 7.43. The Balaban J connectivity index is 1.51. The Morgan fingerprint density at radius 1 is 1.06 bits per heavy atom. The highest BCUT2D eigenvalue weighted by Crippen LogP contribution is 2.39. The smallest absolute Gasteiger partial charge is 0.321 e. The molecule has 0 saturated carbocycles. The number of benzene rings is 2. The number of rotatable bonds is 7. The van der Waals surface area contributed by atoms with E-state index >= 15 is 0 Å². The quantitative estimate of drug-likeness (QED) is 0.629. The van der Waals surface area contributed by atoms with Gasteiger partial charge in [-0.05, 0) is 50.3 Å². The number of hydrogen-bond donors (Lipinski definition) is 1. The van der Waals surface area contributed by atoms with Gasteiger partial charge in [-0.1, -0.05) is 26.0 Å². The Morgan fingerprint density at radius 3 is 2.58 bits per heavy atom. The topological polar surface area (TPSA) is 81.0 Å². The summed E-state index contributed by atoms with van der Waals surface area (Å²) in [5, 5.41) is 3.40. The Kier molecular flexibility index (Phi) is 5.95. The van der Waals surface area contributed by atoms with E-state index in [-0.39, 0.29) is 11.3 Å². The third kappa shape index (κ3) is 4.14. The normalized spacial score (nSPS) is 14.9. The van der Waals surface area contributed by atoms with Crippen molar-refractivity contribution >= 4 is 16.9 Å². The van der Waals surface area contributed by atoms with Gasteiger partial charge in [0.15, 0.2) is 16.9 Å². The highest BCUT2D eigenvalue weighted by atomic mass is 16.7. The fraction of sp³-hybridized carbons (Fsp3) is 0.333. The molecule has 0 aliphatic carbocycles. The van der Waals surface area contributed by atoms with Gasteiger partial charge < -0.3 is 24.1 Å². The summed E-state index contributed by atoms with van der Waals surface area (Å²) in [5.74, 6) is 1.07. The van der Waals surface area contributed by atoms with E-state index in [1.54, 1.807) is 37.3 Å². The summed E-state index contributed by atoms with van der Waals surface area (Å²) in [6, 6.07) is 12.4. The zero-order valence-electron chi connectivity index (χ0n) is 17.9. The lowest BCUT2D eigenvalue weighted by molar-refractivity contribution is -0.136. The standard InChI is InChI=1S/C24H26N2O5/c1-4-26(5-2)13-12-25-23(28)24-30-19-11-10-16(14-20(19)31-24)22-15(3)21(27)17-8-6-7-9-18(17)29-22/h6-11,14,24H,4-5,12-13H2,1-3H3,(H,25,28). The van der Waals surface area contributed by atoms with Gasteiger partial charge in [0.2, 0.25) is 0 Å². The summed E-state index contributed by atoms with van der Waals surface area (Å²) in [6.45, 7) is 9.06. The molecule has 1 aliphatic heterocycles. The van der Waals surface area contributed by atoms with Crippen LogP contribution in [0.2, 0.25) is 0 Å². The van der Waals surface area contributed by atoms with E-state index in [4.69, 9.17) is 13.9 Å². The molecule has 3 aromatic rings. The number of hydrogen-bond acceptors (Lipinski definition) is 6. The first-order chi connectivity index (χ1) is 15.0. The van der Waals surface area contributed by atoms with Crippen LogP contribution in [0.15, 0.2) is 51.7 Å². The fourth-order valence-electron chi connectivity index (χ4n) is 3.67. The van der Waals surface area contributed by atoms with Crippen LogP contribution >= 0.6 is 0 Å². The summed E-state index contributed by atoms with van der Waals surface area (Å²) in [4.78, 5) is 27.4. The molecule has 162 valence electrons. The minimum atomic E-state index is -1.04. The molecule has 2 aromatic carbocycles. The molecule has 1 N–H and O–H groups in total. The summed E-state index contributed by atoms with van der Waals surface area (Å²) >= 11 is 0. The van der Waals surface area contributed by atoms with Crippen molar-refractivity contribution in [3.8, 4) is 22.8 Å². The van der Waals surface area contributed by atoms with Gasteiger partial charge in [0.05, 0.1) is 5.39 Å². The van der Waals surface area contributed by atoms with Crippen LogP contribution in [-0.4, -0.2) is 43.3 Å². The molecular formula is C24H26N2O5. The molecule has 0 bridgehead atoms. The van der Waals surface area contributed by atoms with E-state index < -0.39 is 6.29 Å². The molecule has 4 rings (SSSR count). The summed E-state index contributed by atoms with van der Waals surface area (Å²) in [7, 11) is 0. The first-order valence-corrected chi connectivity index (χ1v) is 10.5. The van der Waals surface area contributed by atoms with Crippen molar-refractivity contribution in [3.63, 3.8) is 0 Å². The number of likely N-dealkylation sites (N-methyl/N-ethyl adjacent to an activating group) is 1. The number of nitrogens with one attached hydrogen (secondary N) is 1. The van der Waals surface area contributed by atoms with Crippen LogP contribution in [0.3, 0.4) is 0 Å². The monoisotopic (exact) mass is 422 g/mol. The van der Waals surface area contributed by atoms with Gasteiger partial charge in [-0.25, -0.2) is 0 Å². The zero-order chi connectivity index (χ0) is 22.0. The molecule has 7 nitrogen and oxygen atoms in total. The Labute approximate surface area is 180 Å². The number of fused-ring (bicyclic) bond motifs is 2. The maximum absolute atomic E-state index is 12.7. The van der Waals surface area contributed by atoms with Crippen LogP contribution in [0.4, 0.5) is 0 Å². The predicted octanol–water partition coefficient (Wildman–Crippen LogP) is 3.32. The van der Waals surface area contributed by atoms with Crippen molar-refractivity contribution < 1.29 is 18.7 Å². The fourth-order valence-corrected chi connectivity index (χ4v) is 3.67. The van der Waals surface area contributed by atoms with Gasteiger partial charge in [0.25, 0.3) is 0 Å². The summed E-state index contributed by atoms with van der Waals surface area (Å²) in [6.07, 6.45) is -1.04. The van der Waals surface area contributed by atoms with Gasteiger partial charge in [-0.3, -0.25) is 9.59 Å². The molecule has 0 radical (unpaired) electrons. The molecule has 0 spiro atoms. The molecule has 1 atom stereocenters. The van der Waals surface area contributed by atoms with Crippen molar-refractivity contribution in [2.75, 3.05) is 26.2 Å². The van der Waals surface area contributed by atoms with E-state index in [1.807, 2.05) is 12.1 Å². The maximum Gasteiger partial charge on any atom is 0.321 e. The minimum Gasteiger partial charge on any atom is -0.456 e. The molecular weight excluding hydrogens is 396 g/mol. The van der Waals surface area contributed by atoms with Gasteiger partial charge >= 0.3 is 12.2 Å². The molecule has 7 heteroatoms. The average molecular weight is 422 g/mol. The zero-order valence-corrected chi connectivity index (χ0v) is 17.9. The second kappa shape index (κ2) is 8.81. The van der Waals surface area contributed by atoms with E-state index in [2.05, 4.69) is 24.1 Å². The number of carbonyl (C=O) groups is 1. The van der Waals surface area contributed by atoms with Gasteiger partial charge in [0.1, 0.15) is 11.3 Å².